The minimum atomic E-state index is 0.240. The van der Waals surface area contributed by atoms with E-state index in [2.05, 4.69) is 48.5 Å². The molecule has 98 valence electrons. The van der Waals surface area contributed by atoms with Crippen molar-refractivity contribution >= 4 is 11.0 Å². The fraction of sp³-hybridized carbons (Fsp3) is 0.533. The molecule has 0 fully saturated rings. The summed E-state index contributed by atoms with van der Waals surface area (Å²) < 4.78 is 2.31. The number of fused-ring (bicyclic) bond motifs is 1. The van der Waals surface area contributed by atoms with Gasteiger partial charge in [0, 0.05) is 6.54 Å². The number of nitrogens with two attached hydrogens (primary N) is 1. The fourth-order valence-corrected chi connectivity index (χ4v) is 2.30. The first-order valence-corrected chi connectivity index (χ1v) is 6.65. The predicted molar refractivity (Wildman–Crippen MR) is 76.5 cm³/mol. The van der Waals surface area contributed by atoms with Crippen molar-refractivity contribution < 1.29 is 0 Å². The summed E-state index contributed by atoms with van der Waals surface area (Å²) in [5.41, 5.74) is 8.33. The molecule has 0 unspecified atom stereocenters. The maximum absolute atomic E-state index is 5.77. The Bertz CT molecular complexity index is 526. The molecule has 0 aliphatic carbocycles. The Balaban J connectivity index is 2.10. The van der Waals surface area contributed by atoms with Gasteiger partial charge in [-0.15, -0.1) is 0 Å². The van der Waals surface area contributed by atoms with Gasteiger partial charge in [-0.2, -0.15) is 0 Å². The number of hydrogen-bond donors (Lipinski definition) is 1. The second-order valence-electron chi connectivity index (χ2n) is 5.77. The minimum Gasteiger partial charge on any atom is -0.330 e. The molecule has 2 aromatic rings. The third-order valence-electron chi connectivity index (χ3n) is 3.63. The summed E-state index contributed by atoms with van der Waals surface area (Å²) in [7, 11) is 0. The molecule has 0 amide bonds. The number of benzene rings is 1. The molecule has 0 bridgehead atoms. The lowest BCUT2D eigenvalue weighted by Gasteiger charge is -2.22. The molecule has 3 heteroatoms. The van der Waals surface area contributed by atoms with Crippen LogP contribution in [0, 0.1) is 12.3 Å². The zero-order valence-electron chi connectivity index (χ0n) is 11.6. The van der Waals surface area contributed by atoms with Crippen molar-refractivity contribution in [2.75, 3.05) is 6.54 Å². The van der Waals surface area contributed by atoms with E-state index in [0.717, 1.165) is 37.3 Å². The zero-order chi connectivity index (χ0) is 13.2. The van der Waals surface area contributed by atoms with Crippen LogP contribution in [-0.2, 0) is 6.54 Å². The first kappa shape index (κ1) is 13.1. The molecule has 3 nitrogen and oxygen atoms in total. The highest BCUT2D eigenvalue weighted by molar-refractivity contribution is 5.75. The number of nitrogens with zero attached hydrogens (tertiary/aromatic N) is 2. The quantitative estimate of drug-likeness (QED) is 0.879. The summed E-state index contributed by atoms with van der Waals surface area (Å²) in [4.78, 5) is 4.59. The van der Waals surface area contributed by atoms with Gasteiger partial charge in [0.2, 0.25) is 0 Å². The maximum Gasteiger partial charge on any atom is 0.106 e. The summed E-state index contributed by atoms with van der Waals surface area (Å²) in [6.07, 6.45) is 2.29. The van der Waals surface area contributed by atoms with Gasteiger partial charge in [-0.05, 0) is 43.9 Å². The van der Waals surface area contributed by atoms with E-state index < -0.39 is 0 Å². The van der Waals surface area contributed by atoms with Crippen LogP contribution >= 0.6 is 0 Å². The number of para-hydroxylation sites is 2. The number of aryl methyl sites for hydroxylation is 2. The number of rotatable bonds is 5. The topological polar surface area (TPSA) is 43.8 Å². The average molecular weight is 245 g/mol. The fourth-order valence-electron chi connectivity index (χ4n) is 2.30. The Morgan fingerprint density at radius 2 is 2.00 bits per heavy atom. The highest BCUT2D eigenvalue weighted by Gasteiger charge is 2.15. The van der Waals surface area contributed by atoms with Gasteiger partial charge in [-0.25, -0.2) is 4.98 Å². The second-order valence-corrected chi connectivity index (χ2v) is 5.77. The molecule has 0 atom stereocenters. The highest BCUT2D eigenvalue weighted by atomic mass is 15.1. The van der Waals surface area contributed by atoms with Crippen molar-refractivity contribution in [1.82, 2.24) is 9.55 Å². The van der Waals surface area contributed by atoms with Crippen molar-refractivity contribution in [2.24, 2.45) is 11.1 Å². The molecule has 2 rings (SSSR count). The van der Waals surface area contributed by atoms with Crippen molar-refractivity contribution in [1.29, 1.82) is 0 Å². The van der Waals surface area contributed by atoms with E-state index in [4.69, 9.17) is 5.73 Å². The monoisotopic (exact) mass is 245 g/mol. The van der Waals surface area contributed by atoms with Crippen LogP contribution in [0.3, 0.4) is 0 Å². The Morgan fingerprint density at radius 1 is 1.28 bits per heavy atom. The van der Waals surface area contributed by atoms with Gasteiger partial charge in [0.15, 0.2) is 0 Å². The summed E-state index contributed by atoms with van der Waals surface area (Å²) >= 11 is 0. The van der Waals surface area contributed by atoms with E-state index in [1.54, 1.807) is 0 Å². The molecule has 0 aliphatic rings. The van der Waals surface area contributed by atoms with Crippen LogP contribution < -0.4 is 5.73 Å². The van der Waals surface area contributed by atoms with Crippen LogP contribution in [0.15, 0.2) is 24.3 Å². The van der Waals surface area contributed by atoms with Gasteiger partial charge in [0.05, 0.1) is 11.0 Å². The van der Waals surface area contributed by atoms with Crippen molar-refractivity contribution in [2.45, 2.75) is 40.2 Å². The number of imidazole rings is 1. The molecular weight excluding hydrogens is 222 g/mol. The van der Waals surface area contributed by atoms with E-state index in [0.29, 0.717) is 0 Å². The van der Waals surface area contributed by atoms with E-state index in [1.807, 2.05) is 6.07 Å². The Kier molecular flexibility index (Phi) is 3.71. The minimum absolute atomic E-state index is 0.240. The smallest absolute Gasteiger partial charge is 0.106 e. The third-order valence-corrected chi connectivity index (χ3v) is 3.63. The lowest BCUT2D eigenvalue weighted by molar-refractivity contribution is 0.328. The molecule has 18 heavy (non-hydrogen) atoms. The summed E-state index contributed by atoms with van der Waals surface area (Å²) in [6, 6.07) is 8.33. The predicted octanol–water partition coefficient (Wildman–Crippen LogP) is 3.11. The van der Waals surface area contributed by atoms with Crippen LogP contribution in [-0.4, -0.2) is 16.1 Å². The first-order valence-electron chi connectivity index (χ1n) is 6.65. The van der Waals surface area contributed by atoms with E-state index in [9.17, 15) is 0 Å². The van der Waals surface area contributed by atoms with Crippen LogP contribution in [0.4, 0.5) is 0 Å². The van der Waals surface area contributed by atoms with Crippen LogP contribution in [0.5, 0.6) is 0 Å². The van der Waals surface area contributed by atoms with E-state index >= 15 is 0 Å². The number of hydrogen-bond acceptors (Lipinski definition) is 2. The number of aromatic nitrogens is 2. The molecule has 0 saturated heterocycles. The standard InChI is InChI=1S/C15H23N3/c1-12-17-13-7-4-5-8-14(13)18(12)10-6-9-15(2,3)11-16/h4-5,7-8H,6,9-11,16H2,1-3H3. The van der Waals surface area contributed by atoms with Crippen LogP contribution in [0.25, 0.3) is 11.0 Å². The van der Waals surface area contributed by atoms with Gasteiger partial charge in [-0.1, -0.05) is 26.0 Å². The Labute approximate surface area is 109 Å². The Morgan fingerprint density at radius 3 is 2.72 bits per heavy atom. The van der Waals surface area contributed by atoms with Gasteiger partial charge >= 0.3 is 0 Å². The molecule has 0 spiro atoms. The molecule has 1 heterocycles. The van der Waals surface area contributed by atoms with E-state index in [-0.39, 0.29) is 5.41 Å². The zero-order valence-corrected chi connectivity index (χ0v) is 11.6. The van der Waals surface area contributed by atoms with Gasteiger partial charge in [-0.3, -0.25) is 0 Å². The normalized spacial score (nSPS) is 12.2. The van der Waals surface area contributed by atoms with E-state index in [1.165, 1.54) is 5.52 Å². The summed E-state index contributed by atoms with van der Waals surface area (Å²) in [6.45, 7) is 8.30. The van der Waals surface area contributed by atoms with Crippen molar-refractivity contribution in [3.05, 3.63) is 30.1 Å². The first-order chi connectivity index (χ1) is 8.53. The molecular formula is C15H23N3. The molecule has 0 aliphatic heterocycles. The van der Waals surface area contributed by atoms with Crippen LogP contribution in [0.1, 0.15) is 32.5 Å². The lowest BCUT2D eigenvalue weighted by atomic mass is 9.88. The Hall–Kier alpha value is -1.35. The molecule has 0 saturated carbocycles. The van der Waals surface area contributed by atoms with Gasteiger partial charge in [0.25, 0.3) is 0 Å². The maximum atomic E-state index is 5.77. The van der Waals surface area contributed by atoms with Crippen molar-refractivity contribution in [3.63, 3.8) is 0 Å². The summed E-state index contributed by atoms with van der Waals surface area (Å²) in [5.74, 6) is 1.10. The molecule has 1 aromatic carbocycles. The molecule has 1 aromatic heterocycles. The summed E-state index contributed by atoms with van der Waals surface area (Å²) in [5, 5.41) is 0. The molecule has 2 N–H and O–H groups in total. The van der Waals surface area contributed by atoms with Gasteiger partial charge < -0.3 is 10.3 Å². The van der Waals surface area contributed by atoms with Gasteiger partial charge in [0.1, 0.15) is 5.82 Å². The highest BCUT2D eigenvalue weighted by Crippen LogP contribution is 2.22. The second kappa shape index (κ2) is 5.11. The van der Waals surface area contributed by atoms with Crippen molar-refractivity contribution in [3.8, 4) is 0 Å². The SMILES string of the molecule is Cc1nc2ccccc2n1CCCC(C)(C)CN. The average Bonchev–Trinajstić information content (AvgIpc) is 2.66. The third kappa shape index (κ3) is 2.72. The molecule has 0 radical (unpaired) electrons. The lowest BCUT2D eigenvalue weighted by Crippen LogP contribution is -2.23. The van der Waals surface area contributed by atoms with Crippen LogP contribution in [0.2, 0.25) is 0 Å². The largest absolute Gasteiger partial charge is 0.330 e.